The smallest absolute Gasteiger partial charge is 0.241 e. The first kappa shape index (κ1) is 39.1. The van der Waals surface area contributed by atoms with Crippen molar-refractivity contribution >= 4 is 32.6 Å². The van der Waals surface area contributed by atoms with Crippen LogP contribution in [-0.2, 0) is 0 Å². The topological polar surface area (TPSA) is 95.0 Å². The lowest BCUT2D eigenvalue weighted by Gasteiger charge is -2.52. The minimum atomic E-state index is 0.0994. The molecule has 12 rings (SSSR count). The predicted molar refractivity (Wildman–Crippen MR) is 236 cm³/mol. The second-order valence-electron chi connectivity index (χ2n) is 17.8. The quantitative estimate of drug-likeness (QED) is 0.106. The van der Waals surface area contributed by atoms with Crippen LogP contribution in [0.25, 0.3) is 32.6 Å². The second kappa shape index (κ2) is 16.8. The van der Waals surface area contributed by atoms with Gasteiger partial charge in [-0.25, -0.2) is 0 Å². The van der Waals surface area contributed by atoms with Crippen LogP contribution < -0.4 is 18.9 Å². The van der Waals surface area contributed by atoms with Gasteiger partial charge in [-0.1, -0.05) is 38.8 Å². The van der Waals surface area contributed by atoms with Crippen LogP contribution in [0, 0.1) is 23.7 Å². The Hall–Kier alpha value is -5.06. The van der Waals surface area contributed by atoms with E-state index in [-0.39, 0.29) is 11.8 Å². The summed E-state index contributed by atoms with van der Waals surface area (Å²) in [5, 5.41) is 13.6. The highest BCUT2D eigenvalue weighted by atomic mass is 16.5. The SMILES string of the molecule is CCC1CN2CCC1CC2[C@H](COc1nnc(OC[C@H](c2ccnc3ccc(OC)cc23)[C@@H]2CC3CCN2CC3CC)c2ccccc12)c1ccnc2ccc(OC)cc12. The molecule has 0 radical (unpaired) electrons. The molecule has 7 unspecified atom stereocenters. The number of hydrogen-bond donors (Lipinski definition) is 0. The lowest BCUT2D eigenvalue weighted by molar-refractivity contribution is -0.0177. The third-order valence-corrected chi connectivity index (χ3v) is 15.0. The Morgan fingerprint density at radius 1 is 0.600 bits per heavy atom. The van der Waals surface area contributed by atoms with Crippen molar-refractivity contribution < 1.29 is 18.9 Å². The molecule has 6 saturated heterocycles. The number of piperidine rings is 6. The van der Waals surface area contributed by atoms with Gasteiger partial charge in [0.1, 0.15) is 11.5 Å². The van der Waals surface area contributed by atoms with Crippen LogP contribution in [0.3, 0.4) is 0 Å². The van der Waals surface area contributed by atoms with Crippen molar-refractivity contribution in [3.63, 3.8) is 0 Å². The zero-order chi connectivity index (χ0) is 40.7. The fourth-order valence-electron chi connectivity index (χ4n) is 11.7. The third-order valence-electron chi connectivity index (χ3n) is 15.0. The van der Waals surface area contributed by atoms with Crippen LogP contribution in [0.5, 0.6) is 23.3 Å². The van der Waals surface area contributed by atoms with Crippen LogP contribution in [0.2, 0.25) is 0 Å². The van der Waals surface area contributed by atoms with E-state index in [1.54, 1.807) is 14.2 Å². The number of nitrogens with zero attached hydrogens (tertiary/aromatic N) is 6. The maximum absolute atomic E-state index is 6.89. The summed E-state index contributed by atoms with van der Waals surface area (Å²) in [7, 11) is 3.45. The summed E-state index contributed by atoms with van der Waals surface area (Å²) >= 11 is 0. The normalized spacial score (nSPS) is 26.9. The first-order valence-corrected chi connectivity index (χ1v) is 22.4. The minimum Gasteiger partial charge on any atom is -0.497 e. The van der Waals surface area contributed by atoms with E-state index in [2.05, 4.69) is 72.2 Å². The number of methoxy groups -OCH3 is 2. The van der Waals surface area contributed by atoms with Gasteiger partial charge in [0.25, 0.3) is 0 Å². The molecule has 0 spiro atoms. The van der Waals surface area contributed by atoms with Crippen molar-refractivity contribution in [1.82, 2.24) is 30.0 Å². The number of ether oxygens (including phenoxy) is 4. The highest BCUT2D eigenvalue weighted by Gasteiger charge is 2.45. The number of benzene rings is 3. The van der Waals surface area contributed by atoms with Crippen LogP contribution >= 0.6 is 0 Å². The number of hydrogen-bond acceptors (Lipinski definition) is 10. The molecule has 6 fully saturated rings. The van der Waals surface area contributed by atoms with Gasteiger partial charge < -0.3 is 18.9 Å². The zero-order valence-electron chi connectivity index (χ0n) is 35.5. The number of rotatable bonds is 14. The van der Waals surface area contributed by atoms with Crippen LogP contribution in [0.4, 0.5) is 0 Å². The van der Waals surface area contributed by atoms with Crippen molar-refractivity contribution in [2.24, 2.45) is 23.7 Å². The molecule has 4 bridgehead atoms. The van der Waals surface area contributed by atoms with Crippen molar-refractivity contribution in [3.8, 4) is 23.3 Å². The van der Waals surface area contributed by atoms with Gasteiger partial charge in [-0.2, -0.15) is 0 Å². The Bertz CT molecular complexity index is 2310. The molecule has 6 aliphatic rings. The van der Waals surface area contributed by atoms with Gasteiger partial charge in [-0.3, -0.25) is 19.8 Å². The van der Waals surface area contributed by atoms with E-state index in [1.807, 2.05) is 36.7 Å². The van der Waals surface area contributed by atoms with Gasteiger partial charge in [-0.05, 0) is 134 Å². The summed E-state index contributed by atoms with van der Waals surface area (Å²) in [6, 6.07) is 25.7. The highest BCUT2D eigenvalue weighted by Crippen LogP contribution is 2.46. The summed E-state index contributed by atoms with van der Waals surface area (Å²) < 4.78 is 25.2. The Morgan fingerprint density at radius 3 is 1.47 bits per heavy atom. The molecule has 0 saturated carbocycles. The fourth-order valence-corrected chi connectivity index (χ4v) is 11.7. The molecule has 3 aromatic heterocycles. The third kappa shape index (κ3) is 7.19. The summed E-state index contributed by atoms with van der Waals surface area (Å²) in [4.78, 5) is 15.0. The molecule has 0 amide bonds. The van der Waals surface area contributed by atoms with Gasteiger partial charge in [0.2, 0.25) is 11.8 Å². The maximum atomic E-state index is 6.89. The highest BCUT2D eigenvalue weighted by molar-refractivity contribution is 5.90. The molecule has 312 valence electrons. The number of pyridine rings is 2. The minimum absolute atomic E-state index is 0.0994. The fraction of sp³-hybridized carbons (Fsp3) is 0.480. The van der Waals surface area contributed by atoms with E-state index in [4.69, 9.17) is 39.1 Å². The average molecular weight is 807 g/mol. The van der Waals surface area contributed by atoms with E-state index < -0.39 is 0 Å². The van der Waals surface area contributed by atoms with E-state index in [1.165, 1.54) is 49.7 Å². The monoisotopic (exact) mass is 806 g/mol. The average Bonchev–Trinajstić information content (AvgIpc) is 3.32. The summed E-state index contributed by atoms with van der Waals surface area (Å²) in [5.41, 5.74) is 4.42. The molecule has 6 aromatic rings. The van der Waals surface area contributed by atoms with Crippen molar-refractivity contribution in [2.45, 2.75) is 76.3 Å². The predicted octanol–water partition coefficient (Wildman–Crippen LogP) is 9.31. The van der Waals surface area contributed by atoms with Crippen LogP contribution in [0.15, 0.2) is 85.2 Å². The van der Waals surface area contributed by atoms with Crippen molar-refractivity contribution in [2.75, 3.05) is 53.6 Å². The van der Waals surface area contributed by atoms with Crippen molar-refractivity contribution in [1.29, 1.82) is 0 Å². The molecule has 3 aromatic carbocycles. The Morgan fingerprint density at radius 2 is 1.07 bits per heavy atom. The van der Waals surface area contributed by atoms with Gasteiger partial charge in [0.15, 0.2) is 0 Å². The lowest BCUT2D eigenvalue weighted by atomic mass is 9.70. The van der Waals surface area contributed by atoms with Crippen molar-refractivity contribution in [3.05, 3.63) is 96.3 Å². The first-order chi connectivity index (χ1) is 29.5. The van der Waals surface area contributed by atoms with E-state index >= 15 is 0 Å². The molecular formula is C50H58N6O4. The number of aromatic nitrogens is 4. The molecule has 0 aliphatic carbocycles. The van der Waals surface area contributed by atoms with E-state index in [0.717, 1.165) is 93.9 Å². The maximum Gasteiger partial charge on any atom is 0.241 e. The summed E-state index contributed by atoms with van der Waals surface area (Å²) in [6.45, 7) is 10.2. The van der Waals surface area contributed by atoms with Crippen LogP contribution in [-0.4, -0.2) is 95.7 Å². The molecule has 10 heteroatoms. The molecule has 10 atom stereocenters. The zero-order valence-corrected chi connectivity index (χ0v) is 35.5. The van der Waals surface area contributed by atoms with Gasteiger partial charge in [0, 0.05) is 60.2 Å². The second-order valence-corrected chi connectivity index (χ2v) is 17.8. The Kier molecular flexibility index (Phi) is 10.9. The molecular weight excluding hydrogens is 749 g/mol. The van der Waals surface area contributed by atoms with Gasteiger partial charge >= 0.3 is 0 Å². The standard InChI is InChI=1S/C50H58N6O4/c1-5-31-27-55-21-17-33(31)23-47(55)43(37-15-19-51-45-13-11-35(57-3)25-41(37)45)29-59-49-39-9-7-8-10-40(39)50(54-53-49)60-30-44(48-24-34-18-22-56(48)28-32(34)6-2)38-16-20-52-46-14-12-36(58-4)26-42(38)46/h7-16,19-20,25-26,31-34,43-44,47-48H,5-6,17-18,21-24,27-30H2,1-4H3/t31?,32?,33?,34?,43-,44-,47+,48?/m1/s1. The largest absolute Gasteiger partial charge is 0.497 e. The van der Waals surface area contributed by atoms with Crippen LogP contribution in [0.1, 0.15) is 75.3 Å². The summed E-state index contributed by atoms with van der Waals surface area (Å²) in [5.74, 6) is 5.91. The van der Waals surface area contributed by atoms with E-state index in [0.29, 0.717) is 37.1 Å². The van der Waals surface area contributed by atoms with Gasteiger partial charge in [-0.15, -0.1) is 10.2 Å². The first-order valence-electron chi connectivity index (χ1n) is 22.4. The Labute approximate surface area is 353 Å². The van der Waals surface area contributed by atoms with E-state index in [9.17, 15) is 0 Å². The number of fused-ring (bicyclic) bond motifs is 9. The molecule has 6 aliphatic heterocycles. The molecule has 10 nitrogen and oxygen atoms in total. The molecule has 0 N–H and O–H groups in total. The summed E-state index contributed by atoms with van der Waals surface area (Å²) in [6.07, 6.45) is 11.2. The Balaban J connectivity index is 0.967. The molecule has 9 heterocycles. The molecule has 60 heavy (non-hydrogen) atoms. The van der Waals surface area contributed by atoms with Gasteiger partial charge in [0.05, 0.1) is 49.2 Å². The lowest BCUT2D eigenvalue weighted by Crippen LogP contribution is -2.55.